The van der Waals surface area contributed by atoms with Gasteiger partial charge >= 0.3 is 0 Å². The number of aromatic nitrogens is 4. The van der Waals surface area contributed by atoms with Crippen molar-refractivity contribution in [2.24, 2.45) is 0 Å². The third-order valence-corrected chi connectivity index (χ3v) is 6.04. The molecule has 4 heterocycles. The van der Waals surface area contributed by atoms with Crippen LogP contribution in [0, 0.1) is 13.8 Å². The summed E-state index contributed by atoms with van der Waals surface area (Å²) in [5.41, 5.74) is 12.9. The Balaban J connectivity index is 1.42. The monoisotopic (exact) mass is 470 g/mol. The molecule has 1 aromatic carbocycles. The van der Waals surface area contributed by atoms with Crippen molar-refractivity contribution in [2.45, 2.75) is 26.8 Å². The van der Waals surface area contributed by atoms with Crippen LogP contribution in [0.15, 0.2) is 65.7 Å². The fourth-order valence-corrected chi connectivity index (χ4v) is 3.99. The van der Waals surface area contributed by atoms with Gasteiger partial charge in [0.25, 0.3) is 0 Å². The van der Waals surface area contributed by atoms with Crippen LogP contribution in [0.1, 0.15) is 29.9 Å². The summed E-state index contributed by atoms with van der Waals surface area (Å²) in [5, 5.41) is 4.85. The molecule has 0 unspecified atom stereocenters. The molecule has 0 amide bonds. The number of halogens is 1. The molecule has 0 bridgehead atoms. The molecule has 34 heavy (non-hydrogen) atoms. The first-order valence-electron chi connectivity index (χ1n) is 10.8. The largest absolute Gasteiger partial charge is 0.464 e. The number of rotatable bonds is 5. The number of nitrogens with two attached hydrogens (primary N) is 1. The summed E-state index contributed by atoms with van der Waals surface area (Å²) >= 11 is 5.96. The zero-order valence-corrected chi connectivity index (χ0v) is 19.8. The second-order valence-corrected chi connectivity index (χ2v) is 8.65. The highest BCUT2D eigenvalue weighted by Crippen LogP contribution is 2.30. The number of nitrogens with one attached hydrogen (secondary N) is 1. The Kier molecular flexibility index (Phi) is 5.63. The summed E-state index contributed by atoms with van der Waals surface area (Å²) in [6.07, 6.45) is 7.07. The zero-order valence-electron chi connectivity index (χ0n) is 19.0. The molecule has 7 nitrogen and oxygen atoms in total. The molecule has 0 saturated carbocycles. The van der Waals surface area contributed by atoms with E-state index in [-0.39, 0.29) is 6.04 Å². The summed E-state index contributed by atoms with van der Waals surface area (Å²) in [6, 6.07) is 11.8. The van der Waals surface area contributed by atoms with E-state index in [0.717, 1.165) is 50.3 Å². The van der Waals surface area contributed by atoms with Crippen LogP contribution in [-0.2, 0) is 0 Å². The van der Waals surface area contributed by atoms with E-state index >= 15 is 0 Å². The molecule has 0 fully saturated rings. The van der Waals surface area contributed by atoms with Gasteiger partial charge in [0.1, 0.15) is 17.2 Å². The number of anilines is 2. The van der Waals surface area contributed by atoms with Gasteiger partial charge in [-0.1, -0.05) is 11.6 Å². The Bertz CT molecular complexity index is 1510. The number of nitrogens with zero attached hydrogens (tertiary/aromatic N) is 4. The van der Waals surface area contributed by atoms with Crippen LogP contribution >= 0.6 is 11.6 Å². The normalized spacial score (nSPS) is 12.1. The maximum absolute atomic E-state index is 5.96. The van der Waals surface area contributed by atoms with Crippen molar-refractivity contribution in [2.75, 3.05) is 11.1 Å². The molecule has 0 saturated heterocycles. The van der Waals surface area contributed by atoms with Crippen LogP contribution < -0.4 is 11.1 Å². The first-order chi connectivity index (χ1) is 16.4. The van der Waals surface area contributed by atoms with Gasteiger partial charge in [0, 0.05) is 46.7 Å². The highest BCUT2D eigenvalue weighted by atomic mass is 35.5. The molecule has 4 aromatic heterocycles. The lowest BCUT2D eigenvalue weighted by molar-refractivity contribution is 0.613. The Labute approximate surface area is 202 Å². The number of pyridine rings is 2. The average molecular weight is 471 g/mol. The maximum atomic E-state index is 5.96. The minimum Gasteiger partial charge on any atom is -0.464 e. The number of aryl methyl sites for hydroxylation is 2. The molecule has 5 rings (SSSR count). The molecule has 1 atom stereocenters. The predicted octanol–water partition coefficient (Wildman–Crippen LogP) is 6.37. The van der Waals surface area contributed by atoms with E-state index in [9.17, 15) is 0 Å². The molecule has 3 N–H and O–H groups in total. The van der Waals surface area contributed by atoms with E-state index in [1.165, 1.54) is 0 Å². The van der Waals surface area contributed by atoms with Gasteiger partial charge in [0.15, 0.2) is 5.15 Å². The van der Waals surface area contributed by atoms with Crippen molar-refractivity contribution in [1.29, 1.82) is 0 Å². The molecule has 0 radical (unpaired) electrons. The van der Waals surface area contributed by atoms with E-state index in [0.29, 0.717) is 16.7 Å². The number of fused-ring (bicyclic) bond motifs is 1. The van der Waals surface area contributed by atoms with Crippen LogP contribution in [0.3, 0.4) is 0 Å². The standard InChI is InChI=1S/C26H23ClN6O/c1-14-13-34-24-5-4-17(7-21(14)24)23-9-25(33-16(3)32-23)31-15(2)18-6-19(11-29-10-18)20-8-22(28)26(27)30-12-20/h4-13,15H,28H2,1-3H3,(H,31,32,33)/t15-/m0/s1. The molecule has 0 aliphatic heterocycles. The maximum Gasteiger partial charge on any atom is 0.151 e. The minimum atomic E-state index is -0.0502. The van der Waals surface area contributed by atoms with Crippen LogP contribution in [0.2, 0.25) is 5.15 Å². The molecule has 0 aliphatic carbocycles. The lowest BCUT2D eigenvalue weighted by Gasteiger charge is -2.17. The van der Waals surface area contributed by atoms with Gasteiger partial charge < -0.3 is 15.5 Å². The van der Waals surface area contributed by atoms with E-state index in [2.05, 4.69) is 44.3 Å². The number of nitrogen functional groups attached to an aromatic ring is 1. The van der Waals surface area contributed by atoms with Gasteiger partial charge in [0.05, 0.1) is 23.7 Å². The quantitative estimate of drug-likeness (QED) is 0.287. The van der Waals surface area contributed by atoms with Gasteiger partial charge in [-0.2, -0.15) is 0 Å². The fraction of sp³-hybridized carbons (Fsp3) is 0.154. The molecule has 170 valence electrons. The number of furan rings is 1. The smallest absolute Gasteiger partial charge is 0.151 e. The number of hydrogen-bond acceptors (Lipinski definition) is 7. The number of benzene rings is 1. The summed E-state index contributed by atoms with van der Waals surface area (Å²) in [6.45, 7) is 5.99. The molecule has 8 heteroatoms. The van der Waals surface area contributed by atoms with E-state index < -0.39 is 0 Å². The summed E-state index contributed by atoms with van der Waals surface area (Å²) in [4.78, 5) is 17.8. The lowest BCUT2D eigenvalue weighted by atomic mass is 10.0. The van der Waals surface area contributed by atoms with Crippen molar-refractivity contribution in [1.82, 2.24) is 19.9 Å². The van der Waals surface area contributed by atoms with Gasteiger partial charge in [-0.25, -0.2) is 15.0 Å². The first kappa shape index (κ1) is 21.9. The molecular formula is C26H23ClN6O. The minimum absolute atomic E-state index is 0.0502. The lowest BCUT2D eigenvalue weighted by Crippen LogP contribution is -2.09. The fourth-order valence-electron chi connectivity index (χ4n) is 3.89. The predicted molar refractivity (Wildman–Crippen MR) is 136 cm³/mol. The molecule has 5 aromatic rings. The van der Waals surface area contributed by atoms with Crippen molar-refractivity contribution in [3.8, 4) is 22.4 Å². The van der Waals surface area contributed by atoms with Crippen molar-refractivity contribution in [3.63, 3.8) is 0 Å². The SMILES string of the molecule is Cc1nc(N[C@@H](C)c2cncc(-c3cnc(Cl)c(N)c3)c2)cc(-c2ccc3occ(C)c3c2)n1. The van der Waals surface area contributed by atoms with Gasteiger partial charge in [-0.05, 0) is 62.2 Å². The second kappa shape index (κ2) is 8.76. The summed E-state index contributed by atoms with van der Waals surface area (Å²) < 4.78 is 5.57. The zero-order chi connectivity index (χ0) is 23.8. The Morgan fingerprint density at radius 3 is 2.62 bits per heavy atom. The second-order valence-electron chi connectivity index (χ2n) is 8.29. The van der Waals surface area contributed by atoms with Gasteiger partial charge in [-0.15, -0.1) is 0 Å². The van der Waals surface area contributed by atoms with Crippen LogP contribution in [0.4, 0.5) is 11.5 Å². The van der Waals surface area contributed by atoms with Crippen LogP contribution in [-0.4, -0.2) is 19.9 Å². The average Bonchev–Trinajstić information content (AvgIpc) is 3.20. The molecule has 0 aliphatic rings. The van der Waals surface area contributed by atoms with Gasteiger partial charge in [-0.3, -0.25) is 4.98 Å². The van der Waals surface area contributed by atoms with E-state index in [4.69, 9.17) is 21.8 Å². The first-order valence-corrected chi connectivity index (χ1v) is 11.2. The summed E-state index contributed by atoms with van der Waals surface area (Å²) in [7, 11) is 0. The van der Waals surface area contributed by atoms with Crippen molar-refractivity contribution in [3.05, 3.63) is 83.4 Å². The van der Waals surface area contributed by atoms with Gasteiger partial charge in [0.2, 0.25) is 0 Å². The van der Waals surface area contributed by atoms with Crippen LogP contribution in [0.25, 0.3) is 33.4 Å². The van der Waals surface area contributed by atoms with E-state index in [1.54, 1.807) is 24.7 Å². The Morgan fingerprint density at radius 2 is 1.79 bits per heavy atom. The molecule has 0 spiro atoms. The van der Waals surface area contributed by atoms with Crippen molar-refractivity contribution < 1.29 is 4.42 Å². The topological polar surface area (TPSA) is 103 Å². The van der Waals surface area contributed by atoms with Crippen LogP contribution in [0.5, 0.6) is 0 Å². The number of hydrogen-bond donors (Lipinski definition) is 2. The highest BCUT2D eigenvalue weighted by Gasteiger charge is 2.13. The third kappa shape index (κ3) is 4.30. The van der Waals surface area contributed by atoms with Crippen molar-refractivity contribution >= 4 is 34.1 Å². The summed E-state index contributed by atoms with van der Waals surface area (Å²) in [5.74, 6) is 1.42. The molecular weight excluding hydrogens is 448 g/mol. The Morgan fingerprint density at radius 1 is 0.971 bits per heavy atom. The Hall–Kier alpha value is -3.97. The highest BCUT2D eigenvalue weighted by molar-refractivity contribution is 6.31. The van der Waals surface area contributed by atoms with E-state index in [1.807, 2.05) is 38.2 Å². The third-order valence-electron chi connectivity index (χ3n) is 5.72.